The number of anilines is 1. The van der Waals surface area contributed by atoms with Crippen LogP contribution in [0.25, 0.3) is 0 Å². The summed E-state index contributed by atoms with van der Waals surface area (Å²) in [5, 5.41) is 19.4. The number of nitrogens with two attached hydrogens (primary N) is 1. The van der Waals surface area contributed by atoms with E-state index in [9.17, 15) is 22.0 Å². The lowest BCUT2D eigenvalue weighted by atomic mass is 10.2. The molecule has 0 atom stereocenters. The van der Waals surface area contributed by atoms with Gasteiger partial charge in [0.05, 0.1) is 11.3 Å². The van der Waals surface area contributed by atoms with Gasteiger partial charge >= 0.3 is 6.18 Å². The molecule has 27 heavy (non-hydrogen) atoms. The summed E-state index contributed by atoms with van der Waals surface area (Å²) in [6.07, 6.45) is -4.89. The minimum absolute atomic E-state index is 0.0610. The zero-order valence-electron chi connectivity index (χ0n) is 13.2. The van der Waals surface area contributed by atoms with E-state index >= 15 is 0 Å². The molecule has 2 aromatic rings. The number of alkyl halides is 3. The fraction of sp³-hybridized carbons (Fsp3) is 0.0625. The van der Waals surface area contributed by atoms with Crippen molar-refractivity contribution in [2.45, 2.75) is 6.18 Å². The van der Waals surface area contributed by atoms with Crippen LogP contribution in [-0.2, 0) is 6.18 Å². The van der Waals surface area contributed by atoms with Crippen molar-refractivity contribution in [2.24, 2.45) is 10.8 Å². The lowest BCUT2D eigenvalue weighted by Gasteiger charge is -2.12. The molecule has 4 N–H and O–H groups in total. The SMILES string of the molecule is N#C/C(=N\Nc1ccc(Oc2c(F)cc(C(F)(F)F)cc2F)cc1)C(=N)N. The summed E-state index contributed by atoms with van der Waals surface area (Å²) in [5.74, 6) is -4.60. The Morgan fingerprint density at radius 2 is 1.70 bits per heavy atom. The highest BCUT2D eigenvalue weighted by Gasteiger charge is 2.33. The molecule has 0 heterocycles. The van der Waals surface area contributed by atoms with Crippen LogP contribution < -0.4 is 15.9 Å². The smallest absolute Gasteiger partial charge is 0.416 e. The molecule has 0 aromatic heterocycles. The number of hydrogen-bond acceptors (Lipinski definition) is 5. The topological polar surface area (TPSA) is 107 Å². The van der Waals surface area contributed by atoms with Crippen molar-refractivity contribution in [3.63, 3.8) is 0 Å². The minimum Gasteiger partial charge on any atom is -0.451 e. The molecule has 0 amide bonds. The molecule has 0 saturated carbocycles. The molecular formula is C16H10F5N5O. The first-order chi connectivity index (χ1) is 12.6. The van der Waals surface area contributed by atoms with Crippen molar-refractivity contribution < 1.29 is 26.7 Å². The molecule has 2 rings (SSSR count). The normalized spacial score (nSPS) is 11.6. The molecule has 6 nitrogen and oxygen atoms in total. The number of amidine groups is 1. The Bertz CT molecular complexity index is 909. The third kappa shape index (κ3) is 4.91. The van der Waals surface area contributed by atoms with Crippen LogP contribution in [0.4, 0.5) is 27.6 Å². The number of rotatable bonds is 5. The van der Waals surface area contributed by atoms with E-state index < -0.39 is 35.0 Å². The van der Waals surface area contributed by atoms with Crippen molar-refractivity contribution in [1.82, 2.24) is 0 Å². The Morgan fingerprint density at radius 1 is 1.15 bits per heavy atom. The van der Waals surface area contributed by atoms with Crippen LogP contribution in [0.3, 0.4) is 0 Å². The summed E-state index contributed by atoms with van der Waals surface area (Å²) >= 11 is 0. The maximum atomic E-state index is 13.8. The van der Waals surface area contributed by atoms with E-state index in [0.29, 0.717) is 5.69 Å². The van der Waals surface area contributed by atoms with E-state index in [1.54, 1.807) is 6.07 Å². The number of nitrogens with zero attached hydrogens (tertiary/aromatic N) is 2. The largest absolute Gasteiger partial charge is 0.451 e. The zero-order valence-corrected chi connectivity index (χ0v) is 13.2. The maximum absolute atomic E-state index is 13.8. The predicted molar refractivity (Wildman–Crippen MR) is 86.5 cm³/mol. The number of halogens is 5. The Hall–Kier alpha value is -3.68. The average Bonchev–Trinajstić information content (AvgIpc) is 2.58. The fourth-order valence-corrected chi connectivity index (χ4v) is 1.80. The van der Waals surface area contributed by atoms with Crippen molar-refractivity contribution in [3.05, 3.63) is 53.6 Å². The first-order valence-corrected chi connectivity index (χ1v) is 7.04. The lowest BCUT2D eigenvalue weighted by molar-refractivity contribution is -0.138. The van der Waals surface area contributed by atoms with Crippen LogP contribution in [0.2, 0.25) is 0 Å². The van der Waals surface area contributed by atoms with Gasteiger partial charge < -0.3 is 10.5 Å². The summed E-state index contributed by atoms with van der Waals surface area (Å²) < 4.78 is 70.1. The van der Waals surface area contributed by atoms with Gasteiger partial charge in [-0.25, -0.2) is 8.78 Å². The first-order valence-electron chi connectivity index (χ1n) is 7.04. The molecule has 0 aliphatic rings. The van der Waals surface area contributed by atoms with E-state index in [1.165, 1.54) is 24.3 Å². The summed E-state index contributed by atoms with van der Waals surface area (Å²) in [6, 6.07) is 7.09. The second-order valence-electron chi connectivity index (χ2n) is 4.99. The third-order valence-corrected chi connectivity index (χ3v) is 3.06. The number of hydrogen-bond donors (Lipinski definition) is 3. The van der Waals surface area contributed by atoms with E-state index in [-0.39, 0.29) is 23.6 Å². The van der Waals surface area contributed by atoms with E-state index in [1.807, 2.05) is 0 Å². The standard InChI is InChI=1S/C16H10F5N5O/c17-11-5-8(16(19,20)21)6-12(18)14(11)27-10-3-1-9(2-4-10)25-26-13(7-22)15(23)24/h1-6,25H,(H3,23,24)/b26-13+. The van der Waals surface area contributed by atoms with Crippen molar-refractivity contribution in [1.29, 1.82) is 10.7 Å². The quantitative estimate of drug-likeness (QED) is 0.314. The molecule has 0 radical (unpaired) electrons. The van der Waals surface area contributed by atoms with Crippen LogP contribution in [0.1, 0.15) is 5.56 Å². The second kappa shape index (κ2) is 7.69. The van der Waals surface area contributed by atoms with Crippen LogP contribution in [0.5, 0.6) is 11.5 Å². The van der Waals surface area contributed by atoms with Gasteiger partial charge in [-0.2, -0.15) is 23.5 Å². The Morgan fingerprint density at radius 3 is 2.15 bits per heavy atom. The van der Waals surface area contributed by atoms with Crippen LogP contribution >= 0.6 is 0 Å². The molecule has 2 aromatic carbocycles. The number of ether oxygens (including phenoxy) is 1. The third-order valence-electron chi connectivity index (χ3n) is 3.06. The van der Waals surface area contributed by atoms with Crippen LogP contribution in [-0.4, -0.2) is 11.5 Å². The second-order valence-corrected chi connectivity index (χ2v) is 4.99. The molecule has 0 bridgehead atoms. The van der Waals surface area contributed by atoms with Gasteiger partial charge in [0.15, 0.2) is 23.2 Å². The molecular weight excluding hydrogens is 373 g/mol. The average molecular weight is 383 g/mol. The molecule has 11 heteroatoms. The number of hydrazone groups is 1. The zero-order chi connectivity index (χ0) is 20.2. The van der Waals surface area contributed by atoms with Gasteiger partial charge in [0.2, 0.25) is 5.71 Å². The number of nitrogens with one attached hydrogen (secondary N) is 2. The Kier molecular flexibility index (Phi) is 5.60. The Balaban J connectivity index is 2.18. The highest BCUT2D eigenvalue weighted by Crippen LogP contribution is 2.35. The predicted octanol–water partition coefficient (Wildman–Crippen LogP) is 4.00. The minimum atomic E-state index is -4.89. The summed E-state index contributed by atoms with van der Waals surface area (Å²) in [5.41, 5.74) is 6.04. The molecule has 0 saturated heterocycles. The van der Waals surface area contributed by atoms with E-state index in [4.69, 9.17) is 21.1 Å². The van der Waals surface area contributed by atoms with Crippen molar-refractivity contribution in [2.75, 3.05) is 5.43 Å². The Labute approximate surface area is 149 Å². The van der Waals surface area contributed by atoms with Gasteiger partial charge in [-0.1, -0.05) is 0 Å². The monoisotopic (exact) mass is 383 g/mol. The molecule has 0 unspecified atom stereocenters. The summed E-state index contributed by atoms with van der Waals surface area (Å²) in [6.45, 7) is 0. The van der Waals surface area contributed by atoms with Gasteiger partial charge in [0.25, 0.3) is 0 Å². The van der Waals surface area contributed by atoms with Crippen LogP contribution in [0.15, 0.2) is 41.5 Å². The van der Waals surface area contributed by atoms with Crippen molar-refractivity contribution in [3.8, 4) is 17.6 Å². The van der Waals surface area contributed by atoms with Crippen molar-refractivity contribution >= 4 is 17.2 Å². The van der Waals surface area contributed by atoms with Crippen LogP contribution in [0, 0.1) is 28.4 Å². The molecule has 0 aliphatic carbocycles. The highest BCUT2D eigenvalue weighted by atomic mass is 19.4. The lowest BCUT2D eigenvalue weighted by Crippen LogP contribution is -2.21. The highest BCUT2D eigenvalue weighted by molar-refractivity contribution is 6.45. The summed E-state index contributed by atoms with van der Waals surface area (Å²) in [7, 11) is 0. The summed E-state index contributed by atoms with van der Waals surface area (Å²) in [4.78, 5) is 0. The molecule has 0 aliphatic heterocycles. The van der Waals surface area contributed by atoms with Gasteiger partial charge in [-0.3, -0.25) is 10.8 Å². The van der Waals surface area contributed by atoms with E-state index in [0.717, 1.165) is 0 Å². The fourth-order valence-electron chi connectivity index (χ4n) is 1.80. The van der Waals surface area contributed by atoms with Gasteiger partial charge in [0, 0.05) is 0 Å². The molecule has 140 valence electrons. The first kappa shape index (κ1) is 19.6. The van der Waals surface area contributed by atoms with E-state index in [2.05, 4.69) is 10.5 Å². The number of benzene rings is 2. The van der Waals surface area contributed by atoms with Gasteiger partial charge in [0.1, 0.15) is 11.8 Å². The van der Waals surface area contributed by atoms with Gasteiger partial charge in [-0.15, -0.1) is 0 Å². The number of nitriles is 1. The molecule has 0 spiro atoms. The molecule has 0 fully saturated rings. The maximum Gasteiger partial charge on any atom is 0.416 e. The van der Waals surface area contributed by atoms with Gasteiger partial charge in [-0.05, 0) is 36.4 Å².